The van der Waals surface area contributed by atoms with Gasteiger partial charge >= 0.3 is 0 Å². The van der Waals surface area contributed by atoms with Gasteiger partial charge in [-0.15, -0.1) is 0 Å². The molecule has 132 valence electrons. The number of benzene rings is 2. The average Bonchev–Trinajstić information content (AvgIpc) is 2.62. The molecular weight excluding hydrogens is 326 g/mol. The van der Waals surface area contributed by atoms with E-state index in [1.165, 1.54) is 18.2 Å². The summed E-state index contributed by atoms with van der Waals surface area (Å²) in [4.78, 5) is 16.2. The third kappa shape index (κ3) is 3.49. The van der Waals surface area contributed by atoms with E-state index in [1.807, 2.05) is 18.2 Å². The smallest absolute Gasteiger partial charge is 0.244 e. The quantitative estimate of drug-likeness (QED) is 0.852. The number of anilines is 1. The summed E-state index contributed by atoms with van der Waals surface area (Å²) >= 11 is 0. The molecule has 3 rings (SSSR count). The topological polar surface area (TPSA) is 32.8 Å². The highest BCUT2D eigenvalue weighted by Gasteiger charge is 2.33. The molecule has 0 radical (unpaired) electrons. The largest absolute Gasteiger partial charge is 0.497 e. The highest BCUT2D eigenvalue weighted by Crippen LogP contribution is 2.26. The molecule has 0 spiro atoms. The molecule has 0 saturated carbocycles. The van der Waals surface area contributed by atoms with Gasteiger partial charge in [-0.1, -0.05) is 12.1 Å². The van der Waals surface area contributed by atoms with Crippen LogP contribution in [0.3, 0.4) is 0 Å². The summed E-state index contributed by atoms with van der Waals surface area (Å²) < 4.78 is 33.0. The van der Waals surface area contributed by atoms with E-state index in [2.05, 4.69) is 0 Å². The molecule has 1 amide bonds. The zero-order valence-electron chi connectivity index (χ0n) is 14.2. The highest BCUT2D eigenvalue weighted by atomic mass is 19.1. The Hall–Kier alpha value is -2.47. The van der Waals surface area contributed by atoms with Gasteiger partial charge in [-0.25, -0.2) is 8.78 Å². The van der Waals surface area contributed by atoms with Crippen LogP contribution in [0.5, 0.6) is 5.75 Å². The minimum absolute atomic E-state index is 0.00280. The zero-order valence-corrected chi connectivity index (χ0v) is 14.2. The molecule has 4 nitrogen and oxygen atoms in total. The van der Waals surface area contributed by atoms with Crippen molar-refractivity contribution in [1.29, 1.82) is 0 Å². The fourth-order valence-corrected chi connectivity index (χ4v) is 3.05. The van der Waals surface area contributed by atoms with E-state index in [9.17, 15) is 13.6 Å². The number of piperazine rings is 1. The lowest BCUT2D eigenvalue weighted by Gasteiger charge is -2.39. The minimum Gasteiger partial charge on any atom is -0.497 e. The van der Waals surface area contributed by atoms with E-state index >= 15 is 0 Å². The van der Waals surface area contributed by atoms with E-state index in [0.717, 1.165) is 5.69 Å². The first-order chi connectivity index (χ1) is 12.0. The van der Waals surface area contributed by atoms with E-state index in [1.54, 1.807) is 29.9 Å². The zero-order chi connectivity index (χ0) is 18.0. The van der Waals surface area contributed by atoms with Gasteiger partial charge < -0.3 is 9.64 Å². The van der Waals surface area contributed by atoms with Crippen LogP contribution in [-0.2, 0) is 11.3 Å². The Balaban J connectivity index is 1.77. The molecule has 1 aliphatic rings. The Labute approximate surface area is 145 Å². The Morgan fingerprint density at radius 3 is 2.48 bits per heavy atom. The lowest BCUT2D eigenvalue weighted by molar-refractivity contribution is -0.125. The molecule has 6 heteroatoms. The van der Waals surface area contributed by atoms with E-state index in [4.69, 9.17) is 4.74 Å². The number of ether oxygens (including phenoxy) is 1. The molecule has 2 aromatic carbocycles. The molecule has 1 heterocycles. The van der Waals surface area contributed by atoms with Crippen molar-refractivity contribution in [3.05, 3.63) is 59.7 Å². The summed E-state index contributed by atoms with van der Waals surface area (Å²) in [6, 6.07) is 10.6. The van der Waals surface area contributed by atoms with Crippen molar-refractivity contribution in [3.8, 4) is 5.75 Å². The fourth-order valence-electron chi connectivity index (χ4n) is 3.05. The van der Waals surface area contributed by atoms with E-state index in [-0.39, 0.29) is 18.0 Å². The van der Waals surface area contributed by atoms with Gasteiger partial charge in [-0.2, -0.15) is 0 Å². The van der Waals surface area contributed by atoms with Crippen molar-refractivity contribution in [1.82, 2.24) is 4.90 Å². The van der Waals surface area contributed by atoms with Crippen LogP contribution in [-0.4, -0.2) is 37.0 Å². The predicted molar refractivity (Wildman–Crippen MR) is 91.6 cm³/mol. The van der Waals surface area contributed by atoms with Gasteiger partial charge in [0.05, 0.1) is 13.2 Å². The summed E-state index contributed by atoms with van der Waals surface area (Å²) in [5, 5.41) is 0. The molecule has 0 unspecified atom stereocenters. The highest BCUT2D eigenvalue weighted by molar-refractivity contribution is 5.97. The first-order valence-corrected chi connectivity index (χ1v) is 8.13. The minimum atomic E-state index is -0.588. The number of amides is 1. The van der Waals surface area contributed by atoms with Crippen LogP contribution in [0, 0.1) is 11.6 Å². The molecule has 0 aromatic heterocycles. The lowest BCUT2D eigenvalue weighted by atomic mass is 10.1. The van der Waals surface area contributed by atoms with Gasteiger partial charge in [0.2, 0.25) is 5.91 Å². The number of carbonyl (C=O) groups is 1. The molecule has 1 fully saturated rings. The molecular formula is C19H20F2N2O2. The SMILES string of the molecule is COc1cccc(N2CCN(Cc3c(F)cccc3F)[C@@H](C)C2=O)c1. The van der Waals surface area contributed by atoms with Crippen LogP contribution >= 0.6 is 0 Å². The van der Waals surface area contributed by atoms with Gasteiger partial charge in [0.25, 0.3) is 0 Å². The molecule has 1 atom stereocenters. The average molecular weight is 346 g/mol. The summed E-state index contributed by atoms with van der Waals surface area (Å²) in [5.41, 5.74) is 0.755. The third-order valence-electron chi connectivity index (χ3n) is 4.57. The van der Waals surface area contributed by atoms with Gasteiger partial charge in [-0.05, 0) is 31.2 Å². The molecule has 0 aliphatic carbocycles. The maximum absolute atomic E-state index is 13.9. The lowest BCUT2D eigenvalue weighted by Crippen LogP contribution is -2.55. The Kier molecular flexibility index (Phi) is 4.99. The van der Waals surface area contributed by atoms with Crippen molar-refractivity contribution in [3.63, 3.8) is 0 Å². The molecule has 25 heavy (non-hydrogen) atoms. The maximum Gasteiger partial charge on any atom is 0.244 e. The summed E-state index contributed by atoms with van der Waals surface area (Å²) in [6.45, 7) is 2.80. The maximum atomic E-state index is 13.9. The second kappa shape index (κ2) is 7.19. The summed E-state index contributed by atoms with van der Waals surface area (Å²) in [5.74, 6) is -0.602. The van der Waals surface area contributed by atoms with Crippen molar-refractivity contribution in [2.45, 2.75) is 19.5 Å². The fraction of sp³-hybridized carbons (Fsp3) is 0.316. The normalized spacial score (nSPS) is 18.5. The second-order valence-corrected chi connectivity index (χ2v) is 6.04. The number of methoxy groups -OCH3 is 1. The van der Waals surface area contributed by atoms with Crippen LogP contribution in [0.2, 0.25) is 0 Å². The van der Waals surface area contributed by atoms with Gasteiger partial charge in [0.1, 0.15) is 17.4 Å². The van der Waals surface area contributed by atoms with Crippen LogP contribution in [0.15, 0.2) is 42.5 Å². The monoisotopic (exact) mass is 346 g/mol. The summed E-state index contributed by atoms with van der Waals surface area (Å²) in [6.07, 6.45) is 0. The van der Waals surface area contributed by atoms with Gasteiger partial charge in [0, 0.05) is 37.0 Å². The molecule has 0 N–H and O–H groups in total. The molecule has 1 saturated heterocycles. The number of hydrogen-bond acceptors (Lipinski definition) is 3. The molecule has 2 aromatic rings. The third-order valence-corrected chi connectivity index (χ3v) is 4.57. The number of nitrogens with zero attached hydrogens (tertiary/aromatic N) is 2. The number of rotatable bonds is 4. The predicted octanol–water partition coefficient (Wildman–Crippen LogP) is 3.21. The van der Waals surface area contributed by atoms with Crippen molar-refractivity contribution in [2.24, 2.45) is 0 Å². The number of carbonyl (C=O) groups excluding carboxylic acids is 1. The van der Waals surface area contributed by atoms with Crippen LogP contribution in [0.4, 0.5) is 14.5 Å². The van der Waals surface area contributed by atoms with E-state index < -0.39 is 17.7 Å². The first-order valence-electron chi connectivity index (χ1n) is 8.13. The van der Waals surface area contributed by atoms with E-state index in [0.29, 0.717) is 18.8 Å². The van der Waals surface area contributed by atoms with Crippen molar-refractivity contribution >= 4 is 11.6 Å². The van der Waals surface area contributed by atoms with Crippen LogP contribution in [0.25, 0.3) is 0 Å². The van der Waals surface area contributed by atoms with Gasteiger partial charge in [-0.3, -0.25) is 9.69 Å². The van der Waals surface area contributed by atoms with Gasteiger partial charge in [0.15, 0.2) is 0 Å². The van der Waals surface area contributed by atoms with Crippen LogP contribution in [0.1, 0.15) is 12.5 Å². The number of hydrogen-bond donors (Lipinski definition) is 0. The second-order valence-electron chi connectivity index (χ2n) is 6.04. The Morgan fingerprint density at radius 1 is 1.12 bits per heavy atom. The molecule has 0 bridgehead atoms. The van der Waals surface area contributed by atoms with Crippen molar-refractivity contribution < 1.29 is 18.3 Å². The first kappa shape index (κ1) is 17.4. The summed E-state index contributed by atoms with van der Waals surface area (Å²) in [7, 11) is 1.57. The Morgan fingerprint density at radius 2 is 1.80 bits per heavy atom. The molecule has 1 aliphatic heterocycles. The Bertz CT molecular complexity index is 762. The standard InChI is InChI=1S/C19H20F2N2O2/c1-13-19(24)23(14-5-3-6-15(11-14)25-2)10-9-22(13)12-16-17(20)7-4-8-18(16)21/h3-8,11,13H,9-10,12H2,1-2H3/t13-/m0/s1. The van der Waals surface area contributed by atoms with Crippen LogP contribution < -0.4 is 9.64 Å². The van der Waals surface area contributed by atoms with Crippen molar-refractivity contribution in [2.75, 3.05) is 25.1 Å². The number of halogens is 2.